The minimum atomic E-state index is -0.646. The number of pyridine rings is 1. The van der Waals surface area contributed by atoms with Crippen LogP contribution in [-0.4, -0.2) is 41.3 Å². The average Bonchev–Trinajstić information content (AvgIpc) is 2.85. The van der Waals surface area contributed by atoms with Gasteiger partial charge >= 0.3 is 0 Å². The summed E-state index contributed by atoms with van der Waals surface area (Å²) in [4.78, 5) is 32.3. The highest BCUT2D eigenvalue weighted by molar-refractivity contribution is 5.93. The van der Waals surface area contributed by atoms with E-state index in [1.54, 1.807) is 23.2 Å². The number of carbonyl (C=O) groups is 2. The zero-order valence-corrected chi connectivity index (χ0v) is 18.5. The molecule has 0 saturated carbocycles. The van der Waals surface area contributed by atoms with Crippen molar-refractivity contribution in [3.8, 4) is 11.1 Å². The highest BCUT2D eigenvalue weighted by Crippen LogP contribution is 2.35. The second-order valence-corrected chi connectivity index (χ2v) is 8.42. The first-order valence-corrected chi connectivity index (χ1v) is 11.2. The molecule has 2 amide bonds. The molecular weight excluding hydrogens is 398 g/mol. The molecule has 0 aliphatic carbocycles. The van der Waals surface area contributed by atoms with Crippen LogP contribution in [0.15, 0.2) is 79.0 Å². The zero-order valence-electron chi connectivity index (χ0n) is 18.5. The predicted molar refractivity (Wildman–Crippen MR) is 126 cm³/mol. The molecule has 1 aromatic heterocycles. The van der Waals surface area contributed by atoms with Crippen molar-refractivity contribution in [3.63, 3.8) is 0 Å². The summed E-state index contributed by atoms with van der Waals surface area (Å²) >= 11 is 0. The van der Waals surface area contributed by atoms with Crippen LogP contribution in [0.2, 0.25) is 0 Å². The summed E-state index contributed by atoms with van der Waals surface area (Å²) in [5, 5.41) is 3.02. The van der Waals surface area contributed by atoms with E-state index in [1.807, 2.05) is 31.2 Å². The van der Waals surface area contributed by atoms with E-state index in [0.29, 0.717) is 31.7 Å². The van der Waals surface area contributed by atoms with E-state index in [9.17, 15) is 9.59 Å². The van der Waals surface area contributed by atoms with Crippen LogP contribution in [-0.2, 0) is 11.2 Å². The molecule has 0 radical (unpaired) electrons. The van der Waals surface area contributed by atoms with E-state index in [-0.39, 0.29) is 11.8 Å². The fourth-order valence-corrected chi connectivity index (χ4v) is 4.55. The lowest BCUT2D eigenvalue weighted by atomic mass is 9.74. The van der Waals surface area contributed by atoms with E-state index in [2.05, 4.69) is 46.7 Å². The molecule has 1 N–H and O–H groups in total. The highest BCUT2D eigenvalue weighted by Gasteiger charge is 2.43. The predicted octanol–water partition coefficient (Wildman–Crippen LogP) is 4.35. The Bertz CT molecular complexity index is 1050. The van der Waals surface area contributed by atoms with Crippen LogP contribution >= 0.6 is 0 Å². The molecule has 0 spiro atoms. The van der Waals surface area contributed by atoms with Gasteiger partial charge in [-0.2, -0.15) is 0 Å². The van der Waals surface area contributed by atoms with Crippen LogP contribution in [0.4, 0.5) is 0 Å². The smallest absolute Gasteiger partial charge is 0.272 e. The molecule has 1 saturated heterocycles. The minimum Gasteiger partial charge on any atom is -0.356 e. The fraction of sp³-hybridized carbons (Fsp3) is 0.296. The summed E-state index contributed by atoms with van der Waals surface area (Å²) in [6.45, 7) is 3.54. The number of likely N-dealkylation sites (tertiary alicyclic amines) is 1. The summed E-state index contributed by atoms with van der Waals surface area (Å²) in [5.74, 6) is -0.0935. The van der Waals surface area contributed by atoms with Crippen molar-refractivity contribution in [2.75, 3.05) is 19.6 Å². The number of piperidine rings is 1. The van der Waals surface area contributed by atoms with E-state index in [4.69, 9.17) is 0 Å². The number of benzene rings is 2. The Balaban J connectivity index is 1.57. The molecule has 164 valence electrons. The maximum atomic E-state index is 13.3. The molecule has 0 unspecified atom stereocenters. The summed E-state index contributed by atoms with van der Waals surface area (Å²) in [5.41, 5.74) is 3.20. The number of nitrogens with one attached hydrogen (secondary N) is 1. The van der Waals surface area contributed by atoms with Gasteiger partial charge in [0.1, 0.15) is 5.69 Å². The lowest BCUT2D eigenvalue weighted by Gasteiger charge is -2.41. The molecule has 1 fully saturated rings. The Kier molecular flexibility index (Phi) is 6.64. The summed E-state index contributed by atoms with van der Waals surface area (Å²) in [6, 6.07) is 24.0. The summed E-state index contributed by atoms with van der Waals surface area (Å²) in [7, 11) is 0. The Morgan fingerprint density at radius 1 is 0.969 bits per heavy atom. The van der Waals surface area contributed by atoms with Crippen molar-refractivity contribution in [2.24, 2.45) is 5.41 Å². The third-order valence-corrected chi connectivity index (χ3v) is 6.17. The molecule has 32 heavy (non-hydrogen) atoms. The van der Waals surface area contributed by atoms with Crippen LogP contribution in [0.3, 0.4) is 0 Å². The van der Waals surface area contributed by atoms with E-state index >= 15 is 0 Å². The van der Waals surface area contributed by atoms with Gasteiger partial charge in [-0.05, 0) is 55.0 Å². The molecule has 1 aliphatic heterocycles. The SMILES string of the molecule is CCNC(=O)[C@@]1(Cc2ccc(-c3ccccc3)cc2)CCCN(C(=O)c2ccccn2)C1. The number of amides is 2. The number of rotatable bonds is 6. The summed E-state index contributed by atoms with van der Waals surface area (Å²) in [6.07, 6.45) is 3.77. The zero-order chi connectivity index (χ0) is 22.4. The Morgan fingerprint density at radius 3 is 2.38 bits per heavy atom. The first-order valence-electron chi connectivity index (χ1n) is 11.2. The Labute approximate surface area is 189 Å². The van der Waals surface area contributed by atoms with Gasteiger partial charge in [-0.25, -0.2) is 0 Å². The molecule has 0 bridgehead atoms. The van der Waals surface area contributed by atoms with Crippen molar-refractivity contribution in [2.45, 2.75) is 26.2 Å². The first kappa shape index (κ1) is 21.8. The molecule has 2 heterocycles. The Morgan fingerprint density at radius 2 is 1.69 bits per heavy atom. The van der Waals surface area contributed by atoms with Crippen LogP contribution in [0.1, 0.15) is 35.8 Å². The molecule has 4 rings (SSSR count). The summed E-state index contributed by atoms with van der Waals surface area (Å²) < 4.78 is 0. The van der Waals surface area contributed by atoms with Crippen LogP contribution < -0.4 is 5.32 Å². The maximum absolute atomic E-state index is 13.3. The van der Waals surface area contributed by atoms with E-state index < -0.39 is 5.41 Å². The molecule has 3 aromatic rings. The largest absolute Gasteiger partial charge is 0.356 e. The quantitative estimate of drug-likeness (QED) is 0.636. The van der Waals surface area contributed by atoms with Crippen LogP contribution in [0, 0.1) is 5.41 Å². The van der Waals surface area contributed by atoms with Gasteiger partial charge in [0, 0.05) is 25.8 Å². The number of hydrogen-bond acceptors (Lipinski definition) is 3. The van der Waals surface area contributed by atoms with Gasteiger partial charge in [0.05, 0.1) is 5.41 Å². The van der Waals surface area contributed by atoms with Crippen LogP contribution in [0.25, 0.3) is 11.1 Å². The van der Waals surface area contributed by atoms with Crippen molar-refractivity contribution >= 4 is 11.8 Å². The lowest BCUT2D eigenvalue weighted by molar-refractivity contribution is -0.133. The number of hydrogen-bond donors (Lipinski definition) is 1. The van der Waals surface area contributed by atoms with Gasteiger partial charge in [0.25, 0.3) is 5.91 Å². The van der Waals surface area contributed by atoms with Gasteiger partial charge in [0.2, 0.25) is 5.91 Å². The van der Waals surface area contributed by atoms with E-state index in [1.165, 1.54) is 5.56 Å². The second-order valence-electron chi connectivity index (χ2n) is 8.42. The van der Waals surface area contributed by atoms with Gasteiger partial charge in [-0.3, -0.25) is 14.6 Å². The van der Waals surface area contributed by atoms with Crippen molar-refractivity contribution in [3.05, 3.63) is 90.3 Å². The molecule has 2 aromatic carbocycles. The van der Waals surface area contributed by atoms with Gasteiger partial charge in [-0.1, -0.05) is 60.7 Å². The first-order chi connectivity index (χ1) is 15.6. The monoisotopic (exact) mass is 427 g/mol. The Hall–Kier alpha value is -3.47. The van der Waals surface area contributed by atoms with E-state index in [0.717, 1.165) is 24.0 Å². The molecule has 5 heteroatoms. The molecule has 1 atom stereocenters. The standard InChI is InChI=1S/C27H29N3O2/c1-2-28-26(32)27(16-8-18-30(20-27)25(31)24-11-6-7-17-29-24)19-21-12-14-23(15-13-21)22-9-4-3-5-10-22/h3-7,9-15,17H,2,8,16,18-20H2,1H3,(H,28,32)/t27-/m1/s1. The second kappa shape index (κ2) is 9.77. The molecular formula is C27H29N3O2. The number of nitrogens with zero attached hydrogens (tertiary/aromatic N) is 2. The third kappa shape index (κ3) is 4.72. The van der Waals surface area contributed by atoms with Crippen molar-refractivity contribution in [1.82, 2.24) is 15.2 Å². The molecule has 5 nitrogen and oxygen atoms in total. The van der Waals surface area contributed by atoms with Crippen molar-refractivity contribution in [1.29, 1.82) is 0 Å². The maximum Gasteiger partial charge on any atom is 0.272 e. The minimum absolute atomic E-state index is 0.0191. The normalized spacial score (nSPS) is 18.2. The van der Waals surface area contributed by atoms with Gasteiger partial charge in [0.15, 0.2) is 0 Å². The lowest BCUT2D eigenvalue weighted by Crippen LogP contribution is -2.54. The number of aromatic nitrogens is 1. The third-order valence-electron chi connectivity index (χ3n) is 6.17. The highest BCUT2D eigenvalue weighted by atomic mass is 16.2. The number of carbonyl (C=O) groups excluding carboxylic acids is 2. The van der Waals surface area contributed by atoms with Gasteiger partial charge in [-0.15, -0.1) is 0 Å². The fourth-order valence-electron chi connectivity index (χ4n) is 4.55. The topological polar surface area (TPSA) is 62.3 Å². The average molecular weight is 428 g/mol. The van der Waals surface area contributed by atoms with Crippen molar-refractivity contribution < 1.29 is 9.59 Å². The van der Waals surface area contributed by atoms with Crippen LogP contribution in [0.5, 0.6) is 0 Å². The van der Waals surface area contributed by atoms with Gasteiger partial charge < -0.3 is 10.2 Å². The molecule has 1 aliphatic rings.